The van der Waals surface area contributed by atoms with Crippen LogP contribution in [-0.4, -0.2) is 66.7 Å². The highest BCUT2D eigenvalue weighted by Crippen LogP contribution is 2.21. The first kappa shape index (κ1) is 30.0. The van der Waals surface area contributed by atoms with Gasteiger partial charge in [0, 0.05) is 32.0 Å². The summed E-state index contributed by atoms with van der Waals surface area (Å²) in [4.78, 5) is 28.1. The molecule has 1 aliphatic rings. The maximum Gasteiger partial charge on any atom is 0.243 e. The molecule has 36 heavy (non-hydrogen) atoms. The number of hydrogen-bond acceptors (Lipinski definition) is 5. The van der Waals surface area contributed by atoms with E-state index < -0.39 is 12.1 Å². The number of nitrogens with zero attached hydrogens (tertiary/aromatic N) is 1. The molecule has 1 unspecified atom stereocenters. The van der Waals surface area contributed by atoms with Gasteiger partial charge in [-0.3, -0.25) is 9.59 Å². The number of carbonyl (C=O) groups is 2. The van der Waals surface area contributed by atoms with Crippen molar-refractivity contribution in [3.63, 3.8) is 0 Å². The summed E-state index contributed by atoms with van der Waals surface area (Å²) < 4.78 is 0. The van der Waals surface area contributed by atoms with Crippen LogP contribution in [-0.2, 0) is 16.0 Å². The number of halogens is 1. The Bertz CT molecular complexity index is 949. The van der Waals surface area contributed by atoms with E-state index in [2.05, 4.69) is 28.6 Å². The lowest BCUT2D eigenvalue weighted by Gasteiger charge is -2.27. The highest BCUT2D eigenvalue weighted by atomic mass is 35.5. The number of nitrogens with two attached hydrogens (primary N) is 1. The number of carbonyl (C=O) groups excluding carboxylic acids is 2. The molecule has 0 heterocycles. The normalized spacial score (nSPS) is 16.1. The Morgan fingerprint density at radius 2 is 1.78 bits per heavy atom. The fraction of sp³-hybridized carbons (Fsp3) is 0.571. The van der Waals surface area contributed by atoms with Gasteiger partial charge in [0.1, 0.15) is 6.04 Å². The van der Waals surface area contributed by atoms with Crippen molar-refractivity contribution in [2.45, 2.75) is 76.0 Å². The molecule has 0 saturated heterocycles. The number of aliphatic hydroxyl groups excluding tert-OH is 1. The highest BCUT2D eigenvalue weighted by molar-refractivity contribution is 5.88. The molecule has 0 aromatic heterocycles. The summed E-state index contributed by atoms with van der Waals surface area (Å²) in [6.45, 7) is 1.00. The summed E-state index contributed by atoms with van der Waals surface area (Å²) in [6.07, 6.45) is 8.43. The van der Waals surface area contributed by atoms with E-state index in [1.807, 2.05) is 36.4 Å². The van der Waals surface area contributed by atoms with Crippen LogP contribution in [0.25, 0.3) is 10.8 Å². The second-order valence-electron chi connectivity index (χ2n) is 9.87. The Morgan fingerprint density at radius 1 is 1.08 bits per heavy atom. The van der Waals surface area contributed by atoms with Crippen molar-refractivity contribution in [2.24, 2.45) is 5.73 Å². The number of hydrogen-bond donors (Lipinski definition) is 4. The number of aliphatic hydroxyl groups is 1. The van der Waals surface area contributed by atoms with Crippen LogP contribution in [0.4, 0.5) is 0 Å². The lowest BCUT2D eigenvalue weighted by molar-refractivity contribution is -0.129. The lowest BCUT2D eigenvalue weighted by atomic mass is 10.0. The van der Waals surface area contributed by atoms with Gasteiger partial charge in [0.05, 0.1) is 6.10 Å². The fourth-order valence-corrected chi connectivity index (χ4v) is 4.87. The maximum atomic E-state index is 12.9. The molecule has 0 radical (unpaired) electrons. The van der Waals surface area contributed by atoms with Crippen LogP contribution in [0.15, 0.2) is 42.5 Å². The molecular formula is C28H43ClN4O3. The van der Waals surface area contributed by atoms with Gasteiger partial charge in [-0.05, 0) is 49.2 Å². The first-order valence-corrected chi connectivity index (χ1v) is 13.1. The summed E-state index contributed by atoms with van der Waals surface area (Å²) >= 11 is 0. The first-order chi connectivity index (χ1) is 17.0. The molecule has 2 aromatic rings. The van der Waals surface area contributed by atoms with Crippen molar-refractivity contribution >= 4 is 35.0 Å². The van der Waals surface area contributed by atoms with Crippen LogP contribution < -0.4 is 16.4 Å². The summed E-state index contributed by atoms with van der Waals surface area (Å²) in [5, 5.41) is 17.6. The van der Waals surface area contributed by atoms with Crippen molar-refractivity contribution < 1.29 is 14.7 Å². The molecule has 0 aliphatic heterocycles. The van der Waals surface area contributed by atoms with E-state index >= 15 is 0 Å². The van der Waals surface area contributed by atoms with Crippen LogP contribution in [0.5, 0.6) is 0 Å². The summed E-state index contributed by atoms with van der Waals surface area (Å²) in [6, 6.07) is 14.0. The molecule has 5 N–H and O–H groups in total. The van der Waals surface area contributed by atoms with E-state index in [1.165, 1.54) is 38.5 Å². The Balaban J connectivity index is 0.00000456. The standard InChI is InChI=1S/C28H42N4O3.ClH/c1-32(24-11-4-2-3-5-12-24)16-8-13-27(34)31-26(28(35)30-20-25(33)19-29)18-21-14-15-22-9-6-7-10-23(22)17-21;/h6-7,9-10,14-15,17,24-26,33H,2-5,8,11-13,16,18-20,29H2,1H3,(H,30,35)(H,31,34);1H/t25?,26-;/m1./s1. The van der Waals surface area contributed by atoms with Crippen LogP contribution in [0.1, 0.15) is 56.9 Å². The van der Waals surface area contributed by atoms with E-state index in [1.54, 1.807) is 0 Å². The smallest absolute Gasteiger partial charge is 0.243 e. The van der Waals surface area contributed by atoms with Crippen LogP contribution in [0, 0.1) is 0 Å². The van der Waals surface area contributed by atoms with Crippen molar-refractivity contribution in [2.75, 3.05) is 26.7 Å². The number of fused-ring (bicyclic) bond motifs is 1. The van der Waals surface area contributed by atoms with Crippen molar-refractivity contribution in [3.05, 3.63) is 48.0 Å². The zero-order valence-corrected chi connectivity index (χ0v) is 22.3. The fourth-order valence-electron chi connectivity index (χ4n) is 4.87. The molecule has 1 saturated carbocycles. The van der Waals surface area contributed by atoms with E-state index in [0.717, 1.165) is 29.3 Å². The SMILES string of the molecule is CN(CCCC(=O)N[C@H](Cc1ccc2ccccc2c1)C(=O)NCC(O)CN)C1CCCCCC1.Cl. The topological polar surface area (TPSA) is 108 Å². The Morgan fingerprint density at radius 3 is 2.47 bits per heavy atom. The third-order valence-corrected chi connectivity index (χ3v) is 7.05. The van der Waals surface area contributed by atoms with Gasteiger partial charge in [-0.1, -0.05) is 68.1 Å². The molecule has 2 amide bonds. The van der Waals surface area contributed by atoms with Crippen molar-refractivity contribution in [1.82, 2.24) is 15.5 Å². The monoisotopic (exact) mass is 518 g/mol. The van der Waals surface area contributed by atoms with Gasteiger partial charge >= 0.3 is 0 Å². The van der Waals surface area contributed by atoms with Crippen molar-refractivity contribution in [3.8, 4) is 0 Å². The molecule has 3 rings (SSSR count). The molecule has 2 aromatic carbocycles. The number of benzene rings is 2. The largest absolute Gasteiger partial charge is 0.390 e. The summed E-state index contributed by atoms with van der Waals surface area (Å²) in [5.41, 5.74) is 6.43. The molecule has 8 heteroatoms. The maximum absolute atomic E-state index is 12.9. The van der Waals surface area contributed by atoms with Crippen LogP contribution >= 0.6 is 12.4 Å². The average molecular weight is 519 g/mol. The van der Waals surface area contributed by atoms with Gasteiger partial charge < -0.3 is 26.4 Å². The van der Waals surface area contributed by atoms with Gasteiger partial charge in [-0.2, -0.15) is 0 Å². The van der Waals surface area contributed by atoms with Gasteiger partial charge in [-0.15, -0.1) is 12.4 Å². The molecule has 1 fully saturated rings. The van der Waals surface area contributed by atoms with Gasteiger partial charge in [0.15, 0.2) is 0 Å². The Kier molecular flexibility index (Phi) is 13.2. The summed E-state index contributed by atoms with van der Waals surface area (Å²) in [5.74, 6) is -0.436. The van der Waals surface area contributed by atoms with E-state index in [0.29, 0.717) is 18.9 Å². The zero-order chi connectivity index (χ0) is 25.0. The van der Waals surface area contributed by atoms with E-state index in [9.17, 15) is 14.7 Å². The average Bonchev–Trinajstić information content (AvgIpc) is 3.16. The van der Waals surface area contributed by atoms with Crippen LogP contribution in [0.3, 0.4) is 0 Å². The molecule has 200 valence electrons. The number of nitrogens with one attached hydrogen (secondary N) is 2. The second kappa shape index (κ2) is 15.8. The minimum atomic E-state index is -0.810. The third-order valence-electron chi connectivity index (χ3n) is 7.05. The molecule has 1 aliphatic carbocycles. The number of amides is 2. The van der Waals surface area contributed by atoms with Gasteiger partial charge in [-0.25, -0.2) is 0 Å². The molecule has 0 spiro atoms. The highest BCUT2D eigenvalue weighted by Gasteiger charge is 2.22. The second-order valence-corrected chi connectivity index (χ2v) is 9.87. The predicted octanol–water partition coefficient (Wildman–Crippen LogP) is 3.16. The molecule has 2 atom stereocenters. The third kappa shape index (κ3) is 9.69. The Labute approximate surface area is 221 Å². The molecule has 0 bridgehead atoms. The minimum absolute atomic E-state index is 0. The molecular weight excluding hydrogens is 476 g/mol. The summed E-state index contributed by atoms with van der Waals surface area (Å²) in [7, 11) is 2.16. The van der Waals surface area contributed by atoms with Gasteiger partial charge in [0.25, 0.3) is 0 Å². The van der Waals surface area contributed by atoms with Crippen molar-refractivity contribution in [1.29, 1.82) is 0 Å². The number of rotatable bonds is 12. The Hall–Kier alpha value is -2.19. The quantitative estimate of drug-likeness (QED) is 0.323. The van der Waals surface area contributed by atoms with E-state index in [4.69, 9.17) is 5.73 Å². The predicted molar refractivity (Wildman–Crippen MR) is 148 cm³/mol. The lowest BCUT2D eigenvalue weighted by Crippen LogP contribution is -2.50. The molecule has 7 nitrogen and oxygen atoms in total. The first-order valence-electron chi connectivity index (χ1n) is 13.1. The minimum Gasteiger partial charge on any atom is -0.390 e. The van der Waals surface area contributed by atoms with Crippen LogP contribution in [0.2, 0.25) is 0 Å². The van der Waals surface area contributed by atoms with Gasteiger partial charge in [0.2, 0.25) is 11.8 Å². The van der Waals surface area contributed by atoms with E-state index in [-0.39, 0.29) is 37.3 Å². The zero-order valence-electron chi connectivity index (χ0n) is 21.5.